The van der Waals surface area contributed by atoms with Gasteiger partial charge in [-0.2, -0.15) is 5.10 Å². The van der Waals surface area contributed by atoms with Gasteiger partial charge in [-0.25, -0.2) is 4.98 Å². The minimum absolute atomic E-state index is 0.0799. The molecule has 6 heterocycles. The molecule has 0 bridgehead atoms. The molecular formula is C40H43N9O5. The van der Waals surface area contributed by atoms with Crippen molar-refractivity contribution in [1.29, 1.82) is 0 Å². The number of rotatable bonds is 11. The molecule has 2 fully saturated rings. The van der Waals surface area contributed by atoms with E-state index in [1.54, 1.807) is 18.2 Å². The number of anilines is 1. The molecule has 3 N–H and O–H groups in total. The predicted molar refractivity (Wildman–Crippen MR) is 201 cm³/mol. The number of likely N-dealkylation sites (tertiary alicyclic amines) is 1. The molecule has 0 saturated carbocycles. The third-order valence-corrected chi connectivity index (χ3v) is 10.9. The zero-order valence-electron chi connectivity index (χ0n) is 30.1. The Morgan fingerprint density at radius 2 is 1.72 bits per heavy atom. The monoisotopic (exact) mass is 729 g/mol. The molecule has 4 aliphatic rings. The highest BCUT2D eigenvalue weighted by Crippen LogP contribution is 2.30. The van der Waals surface area contributed by atoms with Crippen molar-refractivity contribution >= 4 is 51.8 Å². The van der Waals surface area contributed by atoms with Crippen molar-refractivity contribution < 1.29 is 24.0 Å². The fraction of sp³-hybridized carbons (Fsp3) is 0.400. The van der Waals surface area contributed by atoms with E-state index in [1.165, 1.54) is 11.1 Å². The average Bonchev–Trinajstić information content (AvgIpc) is 3.79. The fourth-order valence-electron chi connectivity index (χ4n) is 7.83. The fourth-order valence-corrected chi connectivity index (χ4v) is 7.83. The van der Waals surface area contributed by atoms with Gasteiger partial charge in [0.05, 0.1) is 46.3 Å². The van der Waals surface area contributed by atoms with Crippen LogP contribution in [0.15, 0.2) is 61.1 Å². The molecule has 0 aliphatic carbocycles. The van der Waals surface area contributed by atoms with Crippen molar-refractivity contribution in [2.75, 3.05) is 38.0 Å². The summed E-state index contributed by atoms with van der Waals surface area (Å²) < 4.78 is 2.01. The number of unbranched alkanes of at least 4 members (excludes halogenated alkanes) is 2. The molecule has 14 nitrogen and oxygen atoms in total. The number of nitrogens with one attached hydrogen (secondary N) is 3. The van der Waals surface area contributed by atoms with Crippen LogP contribution in [-0.2, 0) is 14.4 Å². The Hall–Kier alpha value is -5.76. The smallest absolute Gasteiger partial charge is 0.262 e. The minimum atomic E-state index is -0.987. The molecule has 2 aromatic carbocycles. The molecule has 2 aromatic heterocycles. The normalized spacial score (nSPS) is 19.3. The number of imide groups is 2. The van der Waals surface area contributed by atoms with Crippen molar-refractivity contribution in [3.05, 3.63) is 77.8 Å². The molecule has 14 heteroatoms. The second kappa shape index (κ2) is 15.3. The molecule has 5 amide bonds. The first-order valence-electron chi connectivity index (χ1n) is 18.9. The molecule has 4 aromatic rings. The van der Waals surface area contributed by atoms with Crippen LogP contribution in [0.5, 0.6) is 0 Å². The molecule has 4 aliphatic heterocycles. The lowest BCUT2D eigenvalue weighted by Crippen LogP contribution is -2.54. The second-order valence-electron chi connectivity index (χ2n) is 14.4. The number of benzene rings is 2. The summed E-state index contributed by atoms with van der Waals surface area (Å²) in [5.41, 5.74) is 7.20. The summed E-state index contributed by atoms with van der Waals surface area (Å²) in [5, 5.41) is 13.6. The van der Waals surface area contributed by atoms with Gasteiger partial charge in [0.15, 0.2) is 0 Å². The average molecular weight is 730 g/mol. The van der Waals surface area contributed by atoms with Crippen LogP contribution in [-0.4, -0.2) is 97.8 Å². The molecule has 0 spiro atoms. The van der Waals surface area contributed by atoms with Gasteiger partial charge in [0.2, 0.25) is 17.7 Å². The van der Waals surface area contributed by atoms with E-state index in [1.807, 2.05) is 34.2 Å². The Kier molecular flexibility index (Phi) is 10.00. The predicted octanol–water partition coefficient (Wildman–Crippen LogP) is 4.11. The third-order valence-electron chi connectivity index (χ3n) is 10.9. The summed E-state index contributed by atoms with van der Waals surface area (Å²) in [6.45, 7) is 3.91. The first-order chi connectivity index (χ1) is 26.3. The van der Waals surface area contributed by atoms with Gasteiger partial charge in [-0.3, -0.25) is 43.9 Å². The Bertz CT molecular complexity index is 2170. The van der Waals surface area contributed by atoms with E-state index < -0.39 is 29.7 Å². The third kappa shape index (κ3) is 7.25. The van der Waals surface area contributed by atoms with Gasteiger partial charge >= 0.3 is 0 Å². The van der Waals surface area contributed by atoms with Crippen molar-refractivity contribution in [2.45, 2.75) is 69.9 Å². The highest BCUT2D eigenvalue weighted by molar-refractivity contribution is 6.23. The van der Waals surface area contributed by atoms with E-state index in [-0.39, 0.29) is 35.9 Å². The van der Waals surface area contributed by atoms with E-state index in [2.05, 4.69) is 44.2 Å². The number of aromatic nitrogens is 4. The van der Waals surface area contributed by atoms with Crippen LogP contribution in [0.4, 0.5) is 5.69 Å². The molecular weight excluding hydrogens is 686 g/mol. The zero-order chi connectivity index (χ0) is 37.2. The maximum absolute atomic E-state index is 13.1. The first-order valence-corrected chi connectivity index (χ1v) is 18.9. The van der Waals surface area contributed by atoms with Crippen LogP contribution in [0.3, 0.4) is 0 Å². The lowest BCUT2D eigenvalue weighted by atomic mass is 10.00. The maximum Gasteiger partial charge on any atom is 0.262 e. The molecule has 1 unspecified atom stereocenters. The summed E-state index contributed by atoms with van der Waals surface area (Å²) in [6.07, 6.45) is 13.8. The molecule has 8 rings (SSSR count). The number of piperidine rings is 2. The highest BCUT2D eigenvalue weighted by Gasteiger charge is 2.44. The molecule has 2 saturated heterocycles. The zero-order valence-corrected chi connectivity index (χ0v) is 30.1. The van der Waals surface area contributed by atoms with Crippen molar-refractivity contribution in [3.8, 4) is 11.3 Å². The summed E-state index contributed by atoms with van der Waals surface area (Å²) >= 11 is 0. The van der Waals surface area contributed by atoms with Crippen LogP contribution in [0.2, 0.25) is 0 Å². The van der Waals surface area contributed by atoms with E-state index in [0.29, 0.717) is 31.7 Å². The SMILES string of the molecule is O=C1CCC(N2C(=O)c3ccc(NCCCCCC(=O)N4CCC(n5cc(-c6cnc7ccc(C8=CCNCC8)cc7n6)cn5)CC4)cc3C2=O)C(=O)N1. The lowest BCUT2D eigenvalue weighted by molar-refractivity contribution is -0.136. The number of hydrogen-bond donors (Lipinski definition) is 3. The Balaban J connectivity index is 0.765. The maximum atomic E-state index is 13.1. The molecule has 0 radical (unpaired) electrons. The van der Waals surface area contributed by atoms with Crippen LogP contribution in [0, 0.1) is 0 Å². The van der Waals surface area contributed by atoms with Gasteiger partial charge in [0.1, 0.15) is 6.04 Å². The largest absolute Gasteiger partial charge is 0.385 e. The van der Waals surface area contributed by atoms with Gasteiger partial charge in [-0.05, 0) is 86.5 Å². The van der Waals surface area contributed by atoms with Crippen molar-refractivity contribution in [1.82, 2.24) is 40.2 Å². The van der Waals surface area contributed by atoms with Gasteiger partial charge in [-0.1, -0.05) is 18.6 Å². The Morgan fingerprint density at radius 3 is 2.54 bits per heavy atom. The number of nitrogens with zero attached hydrogens (tertiary/aromatic N) is 6. The van der Waals surface area contributed by atoms with E-state index in [9.17, 15) is 24.0 Å². The quantitative estimate of drug-likeness (QED) is 0.151. The van der Waals surface area contributed by atoms with Crippen LogP contribution >= 0.6 is 0 Å². The number of carbonyl (C=O) groups excluding carboxylic acids is 5. The van der Waals surface area contributed by atoms with Crippen LogP contribution in [0.1, 0.15) is 90.1 Å². The van der Waals surface area contributed by atoms with Crippen LogP contribution in [0.25, 0.3) is 27.9 Å². The van der Waals surface area contributed by atoms with Gasteiger partial charge < -0.3 is 15.5 Å². The lowest BCUT2D eigenvalue weighted by Gasteiger charge is -2.32. The summed E-state index contributed by atoms with van der Waals surface area (Å²) in [5.74, 6) is -1.90. The number of amides is 5. The van der Waals surface area contributed by atoms with E-state index in [0.717, 1.165) is 78.8 Å². The van der Waals surface area contributed by atoms with E-state index >= 15 is 0 Å². The number of hydrogen-bond acceptors (Lipinski definition) is 10. The van der Waals surface area contributed by atoms with Gasteiger partial charge in [0.25, 0.3) is 11.8 Å². The standard InChI is InChI=1S/C40H43N9O5/c50-36-10-9-35(38(52)46-36)49-39(53)30-7-6-28(21-31(30)40(49)54)42-15-3-1-2-4-37(51)47-18-13-29(14-19-47)48-24-27(22-44-48)34-23-43-32-8-5-26(20-33(32)45-34)25-11-16-41-17-12-25/h5-8,11,20-24,29,35,41-42H,1-4,9-10,12-19H2,(H,46,50,52). The second-order valence-corrected chi connectivity index (χ2v) is 14.4. The summed E-state index contributed by atoms with van der Waals surface area (Å²) in [6, 6.07) is 10.5. The van der Waals surface area contributed by atoms with Crippen molar-refractivity contribution in [3.63, 3.8) is 0 Å². The molecule has 54 heavy (non-hydrogen) atoms. The summed E-state index contributed by atoms with van der Waals surface area (Å²) in [7, 11) is 0. The minimum Gasteiger partial charge on any atom is -0.385 e. The van der Waals surface area contributed by atoms with Gasteiger partial charge in [-0.15, -0.1) is 0 Å². The first kappa shape index (κ1) is 35.3. The number of carbonyl (C=O) groups is 5. The Morgan fingerprint density at radius 1 is 0.870 bits per heavy atom. The Labute approximate surface area is 312 Å². The van der Waals surface area contributed by atoms with E-state index in [4.69, 9.17) is 4.98 Å². The molecule has 1 atom stereocenters. The highest BCUT2D eigenvalue weighted by atomic mass is 16.2. The topological polar surface area (TPSA) is 172 Å². The van der Waals surface area contributed by atoms with Gasteiger partial charge in [0, 0.05) is 56.5 Å². The van der Waals surface area contributed by atoms with Crippen molar-refractivity contribution in [2.24, 2.45) is 0 Å². The summed E-state index contributed by atoms with van der Waals surface area (Å²) in [4.78, 5) is 75.4. The molecule has 278 valence electrons. The number of fused-ring (bicyclic) bond motifs is 2. The van der Waals surface area contributed by atoms with Crippen LogP contribution < -0.4 is 16.0 Å².